The Morgan fingerprint density at radius 1 is 0.741 bits per heavy atom. The van der Waals surface area contributed by atoms with Crippen LogP contribution >= 0.6 is 0 Å². The highest BCUT2D eigenvalue weighted by atomic mass is 16.5. The van der Waals surface area contributed by atoms with E-state index in [1.165, 1.54) is 22.3 Å². The summed E-state index contributed by atoms with van der Waals surface area (Å²) in [4.78, 5) is 5.05. The number of ether oxygens (including phenoxy) is 2. The van der Waals surface area contributed by atoms with Gasteiger partial charge in [0.1, 0.15) is 17.0 Å². The number of fused-ring (bicyclic) bond motifs is 4. The molecule has 3 aromatic carbocycles. The molecule has 132 valence electrons. The molecule has 1 aliphatic carbocycles. The van der Waals surface area contributed by atoms with Gasteiger partial charge in [0, 0.05) is 16.9 Å². The number of rotatable bonds is 3. The zero-order chi connectivity index (χ0) is 18.4. The first-order valence-electron chi connectivity index (χ1n) is 9.01. The third-order valence-electron chi connectivity index (χ3n) is 5.35. The van der Waals surface area contributed by atoms with Crippen LogP contribution in [0.15, 0.2) is 72.8 Å². The van der Waals surface area contributed by atoms with Gasteiger partial charge in [-0.15, -0.1) is 0 Å². The van der Waals surface area contributed by atoms with E-state index in [4.69, 9.17) is 14.5 Å². The van der Waals surface area contributed by atoms with E-state index in [-0.39, 0.29) is 5.92 Å². The Kier molecular flexibility index (Phi) is 3.61. The average Bonchev–Trinajstić information content (AvgIpc) is 3.05. The van der Waals surface area contributed by atoms with Gasteiger partial charge in [0.15, 0.2) is 0 Å². The van der Waals surface area contributed by atoms with E-state index in [0.717, 1.165) is 28.1 Å². The highest BCUT2D eigenvalue weighted by molar-refractivity contribution is 5.95. The van der Waals surface area contributed by atoms with E-state index in [9.17, 15) is 0 Å². The second kappa shape index (κ2) is 6.13. The topological polar surface area (TPSA) is 31.4 Å². The van der Waals surface area contributed by atoms with Crippen molar-refractivity contribution in [2.45, 2.75) is 5.92 Å². The maximum atomic E-state index is 5.61. The van der Waals surface area contributed by atoms with E-state index < -0.39 is 0 Å². The molecule has 0 saturated carbocycles. The predicted octanol–water partition coefficient (Wildman–Crippen LogP) is 5.41. The van der Waals surface area contributed by atoms with Crippen molar-refractivity contribution in [2.24, 2.45) is 0 Å². The van der Waals surface area contributed by atoms with Gasteiger partial charge < -0.3 is 9.47 Å². The van der Waals surface area contributed by atoms with Crippen molar-refractivity contribution in [3.8, 4) is 22.8 Å². The largest absolute Gasteiger partial charge is 0.496 e. The van der Waals surface area contributed by atoms with Crippen molar-refractivity contribution >= 4 is 10.9 Å². The minimum Gasteiger partial charge on any atom is -0.496 e. The molecule has 0 radical (unpaired) electrons. The van der Waals surface area contributed by atoms with Crippen molar-refractivity contribution in [3.63, 3.8) is 0 Å². The lowest BCUT2D eigenvalue weighted by molar-refractivity contribution is 0.410. The molecule has 0 aliphatic heterocycles. The molecule has 27 heavy (non-hydrogen) atoms. The second-order valence-electron chi connectivity index (χ2n) is 6.72. The van der Waals surface area contributed by atoms with E-state index in [1.54, 1.807) is 14.2 Å². The van der Waals surface area contributed by atoms with E-state index in [0.29, 0.717) is 0 Å². The minimum absolute atomic E-state index is 0.171. The van der Waals surface area contributed by atoms with Crippen LogP contribution in [0.4, 0.5) is 0 Å². The molecule has 1 heterocycles. The first kappa shape index (κ1) is 15.9. The van der Waals surface area contributed by atoms with Gasteiger partial charge in [-0.25, -0.2) is 4.98 Å². The summed E-state index contributed by atoms with van der Waals surface area (Å²) >= 11 is 0. The van der Waals surface area contributed by atoms with Crippen molar-refractivity contribution in [3.05, 3.63) is 89.5 Å². The lowest BCUT2D eigenvalue weighted by atomic mass is 9.89. The van der Waals surface area contributed by atoms with Crippen LogP contribution in [0.5, 0.6) is 11.5 Å². The van der Waals surface area contributed by atoms with Gasteiger partial charge >= 0.3 is 0 Å². The molecule has 1 atom stereocenters. The normalized spacial score (nSPS) is 14.7. The number of pyridine rings is 1. The van der Waals surface area contributed by atoms with Crippen LogP contribution in [0.3, 0.4) is 0 Å². The summed E-state index contributed by atoms with van der Waals surface area (Å²) in [6.45, 7) is 0. The van der Waals surface area contributed by atoms with Crippen LogP contribution in [-0.4, -0.2) is 19.2 Å². The summed E-state index contributed by atoms with van der Waals surface area (Å²) < 4.78 is 11.2. The van der Waals surface area contributed by atoms with Crippen molar-refractivity contribution in [2.75, 3.05) is 14.2 Å². The van der Waals surface area contributed by atoms with Crippen molar-refractivity contribution < 1.29 is 9.47 Å². The molecule has 4 aromatic rings. The van der Waals surface area contributed by atoms with Gasteiger partial charge in [-0.3, -0.25) is 0 Å². The fourth-order valence-electron chi connectivity index (χ4n) is 4.14. The molecular formula is C24H19NO2. The Bertz CT molecular complexity index is 1150. The first-order chi connectivity index (χ1) is 13.3. The van der Waals surface area contributed by atoms with Gasteiger partial charge in [-0.1, -0.05) is 54.6 Å². The predicted molar refractivity (Wildman–Crippen MR) is 108 cm³/mol. The summed E-state index contributed by atoms with van der Waals surface area (Å²) in [7, 11) is 3.37. The quantitative estimate of drug-likeness (QED) is 0.434. The number of methoxy groups -OCH3 is 2. The Balaban J connectivity index is 1.86. The molecule has 1 unspecified atom stereocenters. The molecule has 5 rings (SSSR count). The molecular weight excluding hydrogens is 334 g/mol. The maximum absolute atomic E-state index is 5.61. The molecule has 1 aliphatic rings. The van der Waals surface area contributed by atoms with Crippen molar-refractivity contribution in [1.29, 1.82) is 0 Å². The Labute approximate surface area is 158 Å². The molecule has 0 N–H and O–H groups in total. The van der Waals surface area contributed by atoms with Gasteiger partial charge in [-0.05, 0) is 34.9 Å². The molecule has 3 heteroatoms. The van der Waals surface area contributed by atoms with Crippen molar-refractivity contribution in [1.82, 2.24) is 4.98 Å². The summed E-state index contributed by atoms with van der Waals surface area (Å²) in [6.07, 6.45) is 0. The molecule has 0 spiro atoms. The van der Waals surface area contributed by atoms with Gasteiger partial charge in [-0.2, -0.15) is 0 Å². The number of hydrogen-bond donors (Lipinski definition) is 0. The SMILES string of the molecule is COc1ccc(OC)c2nc3c(cc12)C(c1ccccc1)c1ccccc1-3. The Morgan fingerprint density at radius 3 is 2.22 bits per heavy atom. The van der Waals surface area contributed by atoms with E-state index in [2.05, 4.69) is 60.7 Å². The monoisotopic (exact) mass is 353 g/mol. The molecule has 3 nitrogen and oxygen atoms in total. The lowest BCUT2D eigenvalue weighted by Gasteiger charge is -2.15. The standard InChI is InChI=1S/C24H19NO2/c1-26-20-12-13-21(27-2)24-18(20)14-19-22(15-8-4-3-5-9-15)16-10-6-7-11-17(16)23(19)25-24/h3-14,22H,1-2H3. The summed E-state index contributed by atoms with van der Waals surface area (Å²) in [5, 5.41) is 0.976. The van der Waals surface area contributed by atoms with Crippen LogP contribution in [0.25, 0.3) is 22.2 Å². The summed E-state index contributed by atoms with van der Waals surface area (Å²) in [5.41, 5.74) is 6.82. The number of nitrogens with zero attached hydrogens (tertiary/aromatic N) is 1. The zero-order valence-corrected chi connectivity index (χ0v) is 15.3. The molecule has 0 bridgehead atoms. The molecule has 0 amide bonds. The zero-order valence-electron chi connectivity index (χ0n) is 15.3. The summed E-state index contributed by atoms with van der Waals surface area (Å²) in [5.74, 6) is 1.74. The Hall–Kier alpha value is -3.33. The van der Waals surface area contributed by atoms with Crippen LogP contribution in [0.1, 0.15) is 22.6 Å². The van der Waals surface area contributed by atoms with Gasteiger partial charge in [0.25, 0.3) is 0 Å². The Morgan fingerprint density at radius 2 is 1.44 bits per heavy atom. The maximum Gasteiger partial charge on any atom is 0.145 e. The summed E-state index contributed by atoms with van der Waals surface area (Å²) in [6, 6.07) is 25.2. The fourth-order valence-corrected chi connectivity index (χ4v) is 4.14. The first-order valence-corrected chi connectivity index (χ1v) is 9.01. The second-order valence-corrected chi connectivity index (χ2v) is 6.72. The molecule has 1 aromatic heterocycles. The minimum atomic E-state index is 0.171. The smallest absolute Gasteiger partial charge is 0.145 e. The average molecular weight is 353 g/mol. The number of aromatic nitrogens is 1. The van der Waals surface area contributed by atoms with Crippen LogP contribution in [-0.2, 0) is 0 Å². The number of hydrogen-bond acceptors (Lipinski definition) is 3. The fraction of sp³-hybridized carbons (Fsp3) is 0.125. The third-order valence-corrected chi connectivity index (χ3v) is 5.35. The molecule has 0 saturated heterocycles. The lowest BCUT2D eigenvalue weighted by Crippen LogP contribution is -2.00. The highest BCUT2D eigenvalue weighted by Gasteiger charge is 2.32. The molecule has 0 fully saturated rings. The van der Waals surface area contributed by atoms with Crippen LogP contribution in [0.2, 0.25) is 0 Å². The number of benzene rings is 3. The van der Waals surface area contributed by atoms with Crippen LogP contribution < -0.4 is 9.47 Å². The van der Waals surface area contributed by atoms with Gasteiger partial charge in [0.05, 0.1) is 19.9 Å². The van der Waals surface area contributed by atoms with Gasteiger partial charge in [0.2, 0.25) is 0 Å². The highest BCUT2D eigenvalue weighted by Crippen LogP contribution is 2.49. The van der Waals surface area contributed by atoms with E-state index >= 15 is 0 Å². The van der Waals surface area contributed by atoms with E-state index in [1.807, 2.05) is 12.1 Å². The third kappa shape index (κ3) is 2.32. The van der Waals surface area contributed by atoms with Crippen LogP contribution in [0, 0.1) is 0 Å².